The minimum absolute atomic E-state index is 0.849. The number of aromatic nitrogens is 3. The van der Waals surface area contributed by atoms with Crippen molar-refractivity contribution in [2.24, 2.45) is 0 Å². The third-order valence-electron chi connectivity index (χ3n) is 2.89. The molecule has 0 saturated heterocycles. The van der Waals surface area contributed by atoms with Gasteiger partial charge < -0.3 is 0 Å². The predicted molar refractivity (Wildman–Crippen MR) is 77.1 cm³/mol. The van der Waals surface area contributed by atoms with Gasteiger partial charge in [-0.1, -0.05) is 24.3 Å². The van der Waals surface area contributed by atoms with E-state index in [-0.39, 0.29) is 0 Å². The molecule has 0 N–H and O–H groups in total. The van der Waals surface area contributed by atoms with Gasteiger partial charge in [0, 0.05) is 18.8 Å². The summed E-state index contributed by atoms with van der Waals surface area (Å²) in [4.78, 5) is 4.03. The maximum atomic E-state index is 4.15. The van der Waals surface area contributed by atoms with Crippen molar-refractivity contribution in [1.82, 2.24) is 15.2 Å². The van der Waals surface area contributed by atoms with Crippen molar-refractivity contribution in [3.05, 3.63) is 64.4 Å². The van der Waals surface area contributed by atoms with Crippen molar-refractivity contribution in [3.8, 4) is 11.1 Å². The third kappa shape index (κ3) is 2.85. The minimum atomic E-state index is 0.849. The number of rotatable bonds is 3. The molecule has 1 aromatic carbocycles. The summed E-state index contributed by atoms with van der Waals surface area (Å²) in [6, 6.07) is 12.6. The topological polar surface area (TPSA) is 38.7 Å². The molecule has 2 aromatic heterocycles. The third-order valence-corrected chi connectivity index (χ3v) is 3.73. The summed E-state index contributed by atoms with van der Waals surface area (Å²) in [5.41, 5.74) is 3.65. The number of pyridine rings is 1. The summed E-state index contributed by atoms with van der Waals surface area (Å²) in [7, 11) is 0. The van der Waals surface area contributed by atoms with Gasteiger partial charge in [-0.25, -0.2) is 0 Å². The van der Waals surface area contributed by atoms with Crippen LogP contribution in [0.5, 0.6) is 0 Å². The van der Waals surface area contributed by atoms with Crippen LogP contribution in [0.4, 0.5) is 0 Å². The lowest BCUT2D eigenvalue weighted by molar-refractivity contribution is 0.982. The molecule has 3 aromatic rings. The Morgan fingerprint density at radius 3 is 2.21 bits per heavy atom. The van der Waals surface area contributed by atoms with Gasteiger partial charge in [-0.15, -0.1) is 21.5 Å². The van der Waals surface area contributed by atoms with Gasteiger partial charge in [-0.3, -0.25) is 4.98 Å². The van der Waals surface area contributed by atoms with E-state index in [0.29, 0.717) is 0 Å². The molecule has 94 valence electrons. The monoisotopic (exact) mass is 267 g/mol. The predicted octanol–water partition coefficient (Wildman–Crippen LogP) is 3.50. The fourth-order valence-electron chi connectivity index (χ4n) is 1.94. The highest BCUT2D eigenvalue weighted by molar-refractivity contribution is 7.11. The first-order valence-electron chi connectivity index (χ1n) is 6.09. The van der Waals surface area contributed by atoms with Gasteiger partial charge in [0.25, 0.3) is 0 Å². The van der Waals surface area contributed by atoms with Crippen molar-refractivity contribution in [2.75, 3.05) is 0 Å². The number of hydrogen-bond acceptors (Lipinski definition) is 4. The summed E-state index contributed by atoms with van der Waals surface area (Å²) in [5, 5.41) is 10.3. The van der Waals surface area contributed by atoms with Crippen LogP contribution in [0.1, 0.15) is 15.6 Å². The molecule has 0 fully saturated rings. The molecule has 0 atom stereocenters. The SMILES string of the molecule is Cc1nnc(Cc2ccc(-c3ccncc3)cc2)s1. The van der Waals surface area contributed by atoms with E-state index in [2.05, 4.69) is 39.4 Å². The Bertz CT molecular complexity index is 659. The first-order chi connectivity index (χ1) is 9.31. The van der Waals surface area contributed by atoms with Crippen molar-refractivity contribution in [2.45, 2.75) is 13.3 Å². The maximum Gasteiger partial charge on any atom is 0.121 e. The molecule has 0 amide bonds. The number of hydrogen-bond donors (Lipinski definition) is 0. The Labute approximate surface area is 116 Å². The Balaban J connectivity index is 1.79. The Morgan fingerprint density at radius 1 is 0.895 bits per heavy atom. The van der Waals surface area contributed by atoms with Gasteiger partial charge in [0.15, 0.2) is 0 Å². The summed E-state index contributed by atoms with van der Waals surface area (Å²) in [5.74, 6) is 0. The first kappa shape index (κ1) is 12.0. The Morgan fingerprint density at radius 2 is 1.58 bits per heavy atom. The lowest BCUT2D eigenvalue weighted by Crippen LogP contribution is -1.87. The molecule has 0 bridgehead atoms. The molecule has 0 spiro atoms. The zero-order valence-corrected chi connectivity index (χ0v) is 11.4. The van der Waals surface area contributed by atoms with Gasteiger partial charge in [-0.2, -0.15) is 0 Å². The van der Waals surface area contributed by atoms with Crippen LogP contribution in [-0.4, -0.2) is 15.2 Å². The normalized spacial score (nSPS) is 10.6. The second-order valence-electron chi connectivity index (χ2n) is 4.32. The molecule has 3 nitrogen and oxygen atoms in total. The van der Waals surface area contributed by atoms with Crippen molar-refractivity contribution in [1.29, 1.82) is 0 Å². The number of benzene rings is 1. The van der Waals surface area contributed by atoms with Crippen LogP contribution < -0.4 is 0 Å². The van der Waals surface area contributed by atoms with E-state index in [9.17, 15) is 0 Å². The van der Waals surface area contributed by atoms with Gasteiger partial charge in [-0.05, 0) is 35.7 Å². The summed E-state index contributed by atoms with van der Waals surface area (Å²) in [6.45, 7) is 1.98. The second kappa shape index (κ2) is 5.28. The maximum absolute atomic E-state index is 4.15. The second-order valence-corrected chi connectivity index (χ2v) is 5.59. The smallest absolute Gasteiger partial charge is 0.121 e. The molecule has 0 unspecified atom stereocenters. The molecule has 2 heterocycles. The fraction of sp³-hybridized carbons (Fsp3) is 0.133. The van der Waals surface area contributed by atoms with E-state index in [1.54, 1.807) is 11.3 Å². The molecule has 0 saturated carbocycles. The molecular weight excluding hydrogens is 254 g/mol. The van der Waals surface area contributed by atoms with Crippen molar-refractivity contribution < 1.29 is 0 Å². The standard InChI is InChI=1S/C15H13N3S/c1-11-17-18-15(19-11)10-12-2-4-13(5-3-12)14-6-8-16-9-7-14/h2-9H,10H2,1H3. The highest BCUT2D eigenvalue weighted by Crippen LogP contribution is 2.20. The van der Waals surface area contributed by atoms with Gasteiger partial charge in [0.05, 0.1) is 0 Å². The van der Waals surface area contributed by atoms with E-state index in [1.807, 2.05) is 31.5 Å². The molecule has 4 heteroatoms. The number of nitrogens with zero attached hydrogens (tertiary/aromatic N) is 3. The van der Waals surface area contributed by atoms with Crippen molar-refractivity contribution in [3.63, 3.8) is 0 Å². The molecule has 0 aliphatic carbocycles. The van der Waals surface area contributed by atoms with Crippen LogP contribution in [0.15, 0.2) is 48.8 Å². The zero-order chi connectivity index (χ0) is 13.1. The van der Waals surface area contributed by atoms with Crippen LogP contribution >= 0.6 is 11.3 Å². The van der Waals surface area contributed by atoms with E-state index in [0.717, 1.165) is 16.4 Å². The lowest BCUT2D eigenvalue weighted by atomic mass is 10.0. The quantitative estimate of drug-likeness (QED) is 0.729. The highest BCUT2D eigenvalue weighted by atomic mass is 32.1. The summed E-state index contributed by atoms with van der Waals surface area (Å²) < 4.78 is 0. The van der Waals surface area contributed by atoms with E-state index in [4.69, 9.17) is 0 Å². The van der Waals surface area contributed by atoms with Crippen LogP contribution in [0.3, 0.4) is 0 Å². The minimum Gasteiger partial charge on any atom is -0.265 e. The zero-order valence-electron chi connectivity index (χ0n) is 10.6. The Hall–Kier alpha value is -2.07. The summed E-state index contributed by atoms with van der Waals surface area (Å²) in [6.07, 6.45) is 4.47. The lowest BCUT2D eigenvalue weighted by Gasteiger charge is -2.02. The fourth-order valence-corrected chi connectivity index (χ4v) is 2.69. The van der Waals surface area contributed by atoms with Crippen molar-refractivity contribution >= 4 is 11.3 Å². The van der Waals surface area contributed by atoms with E-state index in [1.165, 1.54) is 16.7 Å². The van der Waals surface area contributed by atoms with Gasteiger partial charge in [0.2, 0.25) is 0 Å². The molecule has 0 radical (unpaired) electrons. The molecular formula is C15H13N3S. The van der Waals surface area contributed by atoms with Crippen LogP contribution in [0.25, 0.3) is 11.1 Å². The highest BCUT2D eigenvalue weighted by Gasteiger charge is 2.03. The Kier molecular flexibility index (Phi) is 3.33. The van der Waals surface area contributed by atoms with Gasteiger partial charge in [0.1, 0.15) is 10.0 Å². The average molecular weight is 267 g/mol. The van der Waals surface area contributed by atoms with Crippen LogP contribution in [0.2, 0.25) is 0 Å². The first-order valence-corrected chi connectivity index (χ1v) is 6.91. The molecule has 0 aliphatic rings. The van der Waals surface area contributed by atoms with Crippen LogP contribution in [-0.2, 0) is 6.42 Å². The van der Waals surface area contributed by atoms with Gasteiger partial charge >= 0.3 is 0 Å². The van der Waals surface area contributed by atoms with E-state index >= 15 is 0 Å². The largest absolute Gasteiger partial charge is 0.265 e. The molecule has 3 rings (SSSR count). The molecule has 19 heavy (non-hydrogen) atoms. The molecule has 0 aliphatic heterocycles. The van der Waals surface area contributed by atoms with Crippen LogP contribution in [0, 0.1) is 6.92 Å². The summed E-state index contributed by atoms with van der Waals surface area (Å²) >= 11 is 1.65. The average Bonchev–Trinajstić information content (AvgIpc) is 2.86. The number of aryl methyl sites for hydroxylation is 1. The van der Waals surface area contributed by atoms with E-state index < -0.39 is 0 Å².